The molecule has 0 aliphatic carbocycles. The van der Waals surface area contributed by atoms with E-state index in [1.54, 1.807) is 0 Å². The van der Waals surface area contributed by atoms with Gasteiger partial charge in [0.05, 0.1) is 6.04 Å². The number of rotatable bonds is 3. The molecule has 10 heteroatoms. The van der Waals surface area contributed by atoms with Gasteiger partial charge in [-0.05, 0) is 12.0 Å². The van der Waals surface area contributed by atoms with Gasteiger partial charge >= 0.3 is 41.6 Å². The number of carboxylic acids is 1. The van der Waals surface area contributed by atoms with Crippen molar-refractivity contribution < 1.29 is 29.0 Å². The molecule has 0 saturated carbocycles. The first kappa shape index (κ1) is 18.8. The summed E-state index contributed by atoms with van der Waals surface area (Å²) in [6.45, 7) is 1.61. The van der Waals surface area contributed by atoms with Gasteiger partial charge in [0.15, 0.2) is 0 Å². The van der Waals surface area contributed by atoms with Crippen molar-refractivity contribution in [3.05, 3.63) is 11.3 Å². The Balaban J connectivity index is 0.00000208. The standard InChI is InChI=1S/C14H17N3O6.Na.H/c1-6(18)16-4-7-3-8(5-23-14(22)15-2)10(13(20)21)17-9(7)11(16)12(17)19;;/h7,9,11H,3-5H2,1-2H3,(H,15,22)(H,20,21);;/t7-,9-,11+;;/m1../s1. The number of amides is 3. The Morgan fingerprint density at radius 2 is 2.04 bits per heavy atom. The Bertz CT molecular complexity index is 648. The number of ether oxygens (including phenoxy) is 1. The number of β-lactam (4-membered cyclic amide) rings is 1. The normalized spacial score (nSPS) is 27.1. The van der Waals surface area contributed by atoms with E-state index in [1.165, 1.54) is 23.8 Å². The molecule has 3 amide bonds. The average Bonchev–Trinajstić information content (AvgIpc) is 2.87. The minimum absolute atomic E-state index is 0. The van der Waals surface area contributed by atoms with Gasteiger partial charge in [0.25, 0.3) is 5.91 Å². The number of alkyl carbamates (subject to hydrolysis) is 1. The van der Waals surface area contributed by atoms with Crippen molar-refractivity contribution in [2.75, 3.05) is 20.2 Å². The average molecular weight is 347 g/mol. The van der Waals surface area contributed by atoms with E-state index in [0.29, 0.717) is 18.5 Å². The Hall–Kier alpha value is -1.58. The maximum absolute atomic E-state index is 12.3. The van der Waals surface area contributed by atoms with E-state index >= 15 is 0 Å². The number of carbonyl (C=O) groups excluding carboxylic acids is 3. The van der Waals surface area contributed by atoms with E-state index in [-0.39, 0.29) is 65.6 Å². The third-order valence-corrected chi connectivity index (χ3v) is 4.64. The number of nitrogens with one attached hydrogen (secondary N) is 1. The third kappa shape index (κ3) is 2.70. The van der Waals surface area contributed by atoms with Crippen molar-refractivity contribution in [1.82, 2.24) is 15.1 Å². The van der Waals surface area contributed by atoms with Crippen LogP contribution in [-0.4, -0.2) is 101 Å². The Kier molecular flexibility index (Phi) is 5.26. The quantitative estimate of drug-likeness (QED) is 0.474. The van der Waals surface area contributed by atoms with Crippen molar-refractivity contribution >= 4 is 53.4 Å². The van der Waals surface area contributed by atoms with Crippen molar-refractivity contribution in [3.8, 4) is 0 Å². The van der Waals surface area contributed by atoms with E-state index < -0.39 is 18.1 Å². The molecule has 24 heavy (non-hydrogen) atoms. The van der Waals surface area contributed by atoms with Crippen LogP contribution in [0.2, 0.25) is 0 Å². The van der Waals surface area contributed by atoms with Crippen LogP contribution in [0, 0.1) is 5.92 Å². The molecule has 3 atom stereocenters. The van der Waals surface area contributed by atoms with Gasteiger partial charge in [0.2, 0.25) is 5.91 Å². The van der Waals surface area contributed by atoms with E-state index in [1.807, 2.05) is 0 Å². The van der Waals surface area contributed by atoms with Crippen LogP contribution in [0.5, 0.6) is 0 Å². The first-order chi connectivity index (χ1) is 10.9. The van der Waals surface area contributed by atoms with Crippen molar-refractivity contribution in [2.24, 2.45) is 5.92 Å². The minimum atomic E-state index is -1.23. The van der Waals surface area contributed by atoms with Gasteiger partial charge < -0.3 is 20.1 Å². The van der Waals surface area contributed by atoms with Gasteiger partial charge in [-0.1, -0.05) is 0 Å². The van der Waals surface area contributed by atoms with Crippen LogP contribution in [0.1, 0.15) is 13.3 Å². The Morgan fingerprint density at radius 3 is 2.58 bits per heavy atom. The van der Waals surface area contributed by atoms with E-state index in [9.17, 15) is 24.3 Å². The number of hydrogen-bond acceptors (Lipinski definition) is 5. The first-order valence-corrected chi connectivity index (χ1v) is 7.27. The molecule has 0 spiro atoms. The summed E-state index contributed by atoms with van der Waals surface area (Å²) < 4.78 is 4.94. The molecule has 3 rings (SSSR count). The topological polar surface area (TPSA) is 116 Å². The SMILES string of the molecule is CNC(=O)OCC1=C(C(=O)O)N2C(=O)[C@@H]3[C@H]2[C@H](C1)CN3C(C)=O.[NaH]. The summed E-state index contributed by atoms with van der Waals surface area (Å²) in [5.41, 5.74) is 0.265. The summed E-state index contributed by atoms with van der Waals surface area (Å²) in [4.78, 5) is 49.5. The van der Waals surface area contributed by atoms with E-state index in [4.69, 9.17) is 4.74 Å². The van der Waals surface area contributed by atoms with Crippen LogP contribution in [0.4, 0.5) is 4.79 Å². The summed E-state index contributed by atoms with van der Waals surface area (Å²) >= 11 is 0. The molecule has 2 fully saturated rings. The third-order valence-electron chi connectivity index (χ3n) is 4.64. The number of likely N-dealkylation sites (tertiary alicyclic amines) is 1. The summed E-state index contributed by atoms with van der Waals surface area (Å²) in [5.74, 6) is -1.85. The predicted octanol–water partition coefficient (Wildman–Crippen LogP) is -1.51. The molecular formula is C14H18N3NaO6. The van der Waals surface area contributed by atoms with Crippen LogP contribution < -0.4 is 5.32 Å². The molecule has 0 aromatic carbocycles. The van der Waals surface area contributed by atoms with Gasteiger partial charge in [-0.3, -0.25) is 14.5 Å². The fraction of sp³-hybridized carbons (Fsp3) is 0.571. The fourth-order valence-electron chi connectivity index (χ4n) is 3.71. The molecule has 3 heterocycles. The van der Waals surface area contributed by atoms with Crippen LogP contribution in [0.25, 0.3) is 0 Å². The number of aliphatic carboxylic acids is 1. The summed E-state index contributed by atoms with van der Waals surface area (Å²) in [6, 6.07) is -0.852. The summed E-state index contributed by atoms with van der Waals surface area (Å²) in [6.07, 6.45) is -0.290. The molecule has 3 aliphatic rings. The number of carboxylic acid groups (broad SMARTS) is 1. The molecule has 2 saturated heterocycles. The van der Waals surface area contributed by atoms with Crippen molar-refractivity contribution in [3.63, 3.8) is 0 Å². The fourth-order valence-corrected chi connectivity index (χ4v) is 3.71. The van der Waals surface area contributed by atoms with Crippen molar-refractivity contribution in [2.45, 2.75) is 25.4 Å². The van der Waals surface area contributed by atoms with Gasteiger partial charge in [0, 0.05) is 26.4 Å². The van der Waals surface area contributed by atoms with Crippen LogP contribution in [0.15, 0.2) is 11.3 Å². The van der Waals surface area contributed by atoms with E-state index in [0.717, 1.165) is 0 Å². The van der Waals surface area contributed by atoms with E-state index in [2.05, 4.69) is 5.32 Å². The van der Waals surface area contributed by atoms with Crippen molar-refractivity contribution in [1.29, 1.82) is 0 Å². The zero-order chi connectivity index (χ0) is 16.9. The second-order valence-corrected chi connectivity index (χ2v) is 5.86. The first-order valence-electron chi connectivity index (χ1n) is 7.27. The second-order valence-electron chi connectivity index (χ2n) is 5.86. The Morgan fingerprint density at radius 1 is 1.38 bits per heavy atom. The number of nitrogens with zero attached hydrogens (tertiary/aromatic N) is 2. The zero-order valence-corrected chi connectivity index (χ0v) is 12.7. The summed E-state index contributed by atoms with van der Waals surface area (Å²) in [7, 11) is 1.40. The molecule has 9 nitrogen and oxygen atoms in total. The molecule has 0 radical (unpaired) electrons. The molecule has 0 aromatic heterocycles. The molecular weight excluding hydrogens is 329 g/mol. The second kappa shape index (κ2) is 6.73. The number of hydrogen-bond donors (Lipinski definition) is 2. The van der Waals surface area contributed by atoms with Crippen LogP contribution >= 0.6 is 0 Å². The maximum atomic E-state index is 12.3. The molecule has 0 unspecified atom stereocenters. The van der Waals surface area contributed by atoms with Gasteiger partial charge in [0.1, 0.15) is 18.3 Å². The van der Waals surface area contributed by atoms with Gasteiger partial charge in [-0.15, -0.1) is 0 Å². The Labute approximate surface area is 160 Å². The van der Waals surface area contributed by atoms with Gasteiger partial charge in [-0.2, -0.15) is 0 Å². The predicted molar refractivity (Wildman–Crippen MR) is 82.1 cm³/mol. The van der Waals surface area contributed by atoms with Gasteiger partial charge in [-0.25, -0.2) is 9.59 Å². The number of carbonyl (C=O) groups is 4. The monoisotopic (exact) mass is 347 g/mol. The molecule has 3 aliphatic heterocycles. The molecule has 0 bridgehead atoms. The molecule has 0 aromatic rings. The van der Waals surface area contributed by atoms with Crippen LogP contribution in [-0.2, 0) is 19.1 Å². The van der Waals surface area contributed by atoms with Crippen LogP contribution in [0.3, 0.4) is 0 Å². The molecule has 2 N–H and O–H groups in total. The zero-order valence-electron chi connectivity index (χ0n) is 12.7. The molecule has 126 valence electrons. The summed E-state index contributed by atoms with van der Waals surface area (Å²) in [5, 5.41) is 11.7.